The Kier molecular flexibility index (Phi) is 8.68. The van der Waals surface area contributed by atoms with Crippen molar-refractivity contribution in [2.45, 2.75) is 45.3 Å². The predicted molar refractivity (Wildman–Crippen MR) is 180 cm³/mol. The number of thiophene rings is 1. The number of hydrogen-bond donors (Lipinski definition) is 2. The number of pyridine rings is 1. The van der Waals surface area contributed by atoms with Crippen LogP contribution in [0.1, 0.15) is 41.9 Å². The summed E-state index contributed by atoms with van der Waals surface area (Å²) in [5.74, 6) is 0.593. The van der Waals surface area contributed by atoms with Gasteiger partial charge < -0.3 is 25.0 Å². The number of aromatic nitrogens is 1. The van der Waals surface area contributed by atoms with Gasteiger partial charge in [0.15, 0.2) is 0 Å². The molecule has 1 saturated heterocycles. The fourth-order valence-corrected chi connectivity index (χ4v) is 6.82. The Hall–Kier alpha value is -5.25. The van der Waals surface area contributed by atoms with E-state index < -0.39 is 17.5 Å². The molecule has 0 bridgehead atoms. The van der Waals surface area contributed by atoms with Crippen molar-refractivity contribution >= 4 is 56.5 Å². The molecule has 12 heteroatoms. The summed E-state index contributed by atoms with van der Waals surface area (Å²) in [7, 11) is 1.52. The van der Waals surface area contributed by atoms with Crippen molar-refractivity contribution in [3.63, 3.8) is 0 Å². The van der Waals surface area contributed by atoms with Crippen LogP contribution in [-0.4, -0.2) is 59.6 Å². The third-order valence-electron chi connectivity index (χ3n) is 8.25. The van der Waals surface area contributed by atoms with Crippen LogP contribution in [0.25, 0.3) is 10.2 Å². The molecule has 0 radical (unpaired) electrons. The number of benzene rings is 2. The van der Waals surface area contributed by atoms with Crippen LogP contribution < -0.4 is 20.3 Å². The van der Waals surface area contributed by atoms with Crippen LogP contribution in [0.5, 0.6) is 11.5 Å². The first-order chi connectivity index (χ1) is 22.6. The van der Waals surface area contributed by atoms with E-state index in [1.54, 1.807) is 35.9 Å². The monoisotopic (exact) mass is 650 g/mol. The van der Waals surface area contributed by atoms with Gasteiger partial charge in [0.2, 0.25) is 0 Å². The van der Waals surface area contributed by atoms with E-state index in [1.165, 1.54) is 24.5 Å². The Morgan fingerprint density at radius 1 is 1.15 bits per heavy atom. The van der Waals surface area contributed by atoms with E-state index in [4.69, 9.17) is 9.47 Å². The number of nitrogens with zero attached hydrogens (tertiary/aromatic N) is 4. The molecule has 1 unspecified atom stereocenters. The SMILES string of the molecule is COC(C)(C)C=C(C#N)C(=O)N1CCCC(NC(=O)c2sc3nccc4c3c2NC(=O)N4c2ccc(Oc3ccccc3)cc2C)C1. The number of carbonyl (C=O) groups excluding carboxylic acids is 3. The maximum Gasteiger partial charge on any atom is 0.331 e. The Morgan fingerprint density at radius 2 is 1.94 bits per heavy atom. The number of rotatable bonds is 8. The highest BCUT2D eigenvalue weighted by atomic mass is 32.1. The van der Waals surface area contributed by atoms with Gasteiger partial charge in [-0.05, 0) is 81.7 Å². The van der Waals surface area contributed by atoms with Crippen LogP contribution in [0.15, 0.2) is 72.4 Å². The van der Waals surface area contributed by atoms with E-state index >= 15 is 0 Å². The summed E-state index contributed by atoms with van der Waals surface area (Å²) in [4.78, 5) is 49.2. The van der Waals surface area contributed by atoms with E-state index in [9.17, 15) is 19.6 Å². The lowest BCUT2D eigenvalue weighted by atomic mass is 10.0. The van der Waals surface area contributed by atoms with Crippen molar-refractivity contribution in [3.8, 4) is 17.6 Å². The number of urea groups is 1. The number of amides is 4. The quantitative estimate of drug-likeness (QED) is 0.160. The Morgan fingerprint density at radius 3 is 2.66 bits per heavy atom. The molecule has 1 fully saturated rings. The summed E-state index contributed by atoms with van der Waals surface area (Å²) in [5.41, 5.74) is 1.74. The highest BCUT2D eigenvalue weighted by Crippen LogP contribution is 2.46. The lowest BCUT2D eigenvalue weighted by molar-refractivity contribution is -0.128. The Labute approximate surface area is 276 Å². The summed E-state index contributed by atoms with van der Waals surface area (Å²) in [5, 5.41) is 16.3. The second kappa shape index (κ2) is 12.9. The summed E-state index contributed by atoms with van der Waals surface area (Å²) in [6, 6.07) is 18.0. The van der Waals surface area contributed by atoms with Crippen molar-refractivity contribution in [1.29, 1.82) is 5.26 Å². The molecule has 4 amide bonds. The van der Waals surface area contributed by atoms with E-state index in [0.717, 1.165) is 5.56 Å². The molecule has 6 rings (SSSR count). The molecule has 240 valence electrons. The van der Waals surface area contributed by atoms with E-state index in [1.807, 2.05) is 61.5 Å². The lowest BCUT2D eigenvalue weighted by Crippen LogP contribution is -2.50. The van der Waals surface area contributed by atoms with Crippen LogP contribution in [0.2, 0.25) is 0 Å². The molecule has 1 atom stereocenters. The average molecular weight is 651 g/mol. The number of carbonyl (C=O) groups is 3. The largest absolute Gasteiger partial charge is 0.457 e. The molecule has 11 nitrogen and oxygen atoms in total. The lowest BCUT2D eigenvalue weighted by Gasteiger charge is -2.33. The van der Waals surface area contributed by atoms with Gasteiger partial charge >= 0.3 is 6.03 Å². The molecule has 2 aromatic heterocycles. The normalized spacial score (nSPS) is 16.4. The first kappa shape index (κ1) is 31.7. The second-order valence-corrected chi connectivity index (χ2v) is 13.0. The van der Waals surface area contributed by atoms with Gasteiger partial charge in [-0.15, -0.1) is 11.3 Å². The van der Waals surface area contributed by atoms with Crippen LogP contribution >= 0.6 is 11.3 Å². The van der Waals surface area contributed by atoms with Gasteiger partial charge in [-0.25, -0.2) is 9.78 Å². The van der Waals surface area contributed by atoms with Gasteiger partial charge in [0.05, 0.1) is 28.0 Å². The minimum atomic E-state index is -0.779. The molecule has 4 heterocycles. The molecular formula is C35H34N6O5S. The number of ether oxygens (including phenoxy) is 2. The summed E-state index contributed by atoms with van der Waals surface area (Å²) >= 11 is 1.20. The second-order valence-electron chi connectivity index (χ2n) is 12.0. The van der Waals surface area contributed by atoms with Crippen molar-refractivity contribution in [3.05, 3.63) is 82.9 Å². The van der Waals surface area contributed by atoms with Crippen molar-refractivity contribution in [2.75, 3.05) is 30.4 Å². The highest BCUT2D eigenvalue weighted by molar-refractivity contribution is 7.21. The van der Waals surface area contributed by atoms with Gasteiger partial charge in [-0.3, -0.25) is 14.5 Å². The van der Waals surface area contributed by atoms with E-state index in [-0.39, 0.29) is 24.1 Å². The number of nitriles is 1. The zero-order valence-corrected chi connectivity index (χ0v) is 27.3. The number of aryl methyl sites for hydroxylation is 1. The standard InChI is InChI=1S/C35H34N6O5S/c1-21-17-25(46-24-10-6-5-7-11-24)12-13-26(21)41-27-14-15-37-32-28(27)29(39-34(41)44)30(47-32)31(42)38-23-9-8-16-40(20-23)33(43)22(19-36)18-35(2,3)45-4/h5-7,10-15,17-18,23H,8-9,16,20H2,1-4H3,(H,38,42)(H,39,44). The maximum atomic E-state index is 13.7. The third-order valence-corrected chi connectivity index (χ3v) is 9.35. The van der Waals surface area contributed by atoms with Gasteiger partial charge in [0.25, 0.3) is 11.8 Å². The smallest absolute Gasteiger partial charge is 0.331 e. The van der Waals surface area contributed by atoms with Gasteiger partial charge in [0, 0.05) is 32.4 Å². The van der Waals surface area contributed by atoms with Crippen molar-refractivity contribution in [2.24, 2.45) is 0 Å². The summed E-state index contributed by atoms with van der Waals surface area (Å²) in [6.07, 6.45) is 4.47. The summed E-state index contributed by atoms with van der Waals surface area (Å²) in [6.45, 7) is 6.18. The molecule has 2 aliphatic heterocycles. The van der Waals surface area contributed by atoms with Gasteiger partial charge in [0.1, 0.15) is 32.8 Å². The Bertz CT molecular complexity index is 1950. The molecule has 47 heavy (non-hydrogen) atoms. The number of nitrogens with one attached hydrogen (secondary N) is 2. The first-order valence-electron chi connectivity index (χ1n) is 15.2. The number of piperidine rings is 1. The molecule has 0 spiro atoms. The minimum absolute atomic E-state index is 0.00257. The molecular weight excluding hydrogens is 616 g/mol. The Balaban J connectivity index is 1.23. The van der Waals surface area contributed by atoms with Gasteiger partial charge in [-0.2, -0.15) is 5.26 Å². The number of para-hydroxylation sites is 1. The zero-order valence-electron chi connectivity index (χ0n) is 26.5. The summed E-state index contributed by atoms with van der Waals surface area (Å²) < 4.78 is 11.3. The van der Waals surface area contributed by atoms with Gasteiger partial charge in [-0.1, -0.05) is 18.2 Å². The van der Waals surface area contributed by atoms with E-state index in [0.29, 0.717) is 63.0 Å². The number of anilines is 3. The average Bonchev–Trinajstić information content (AvgIpc) is 3.44. The van der Waals surface area contributed by atoms with E-state index in [2.05, 4.69) is 15.6 Å². The molecule has 0 aliphatic carbocycles. The minimum Gasteiger partial charge on any atom is -0.457 e. The third kappa shape index (κ3) is 6.40. The maximum absolute atomic E-state index is 13.7. The van der Waals surface area contributed by atoms with Crippen LogP contribution in [0.4, 0.5) is 21.9 Å². The van der Waals surface area contributed by atoms with Crippen LogP contribution in [0.3, 0.4) is 0 Å². The molecule has 2 N–H and O–H groups in total. The molecule has 4 aromatic rings. The van der Waals surface area contributed by atoms with Crippen molar-refractivity contribution < 1.29 is 23.9 Å². The zero-order chi connectivity index (χ0) is 33.3. The topological polar surface area (TPSA) is 137 Å². The fourth-order valence-electron chi connectivity index (χ4n) is 5.80. The first-order valence-corrected chi connectivity index (χ1v) is 16.0. The van der Waals surface area contributed by atoms with Crippen molar-refractivity contribution in [1.82, 2.24) is 15.2 Å². The molecule has 0 saturated carbocycles. The number of likely N-dealkylation sites (tertiary alicyclic amines) is 1. The number of hydrogen-bond acceptors (Lipinski definition) is 8. The molecule has 2 aliphatic rings. The van der Waals surface area contributed by atoms with Crippen LogP contribution in [0, 0.1) is 18.3 Å². The predicted octanol–water partition coefficient (Wildman–Crippen LogP) is 6.68. The number of methoxy groups -OCH3 is 1. The fraction of sp³-hybridized carbons (Fsp3) is 0.286. The van der Waals surface area contributed by atoms with Crippen LogP contribution in [-0.2, 0) is 9.53 Å². The molecule has 2 aromatic carbocycles. The highest BCUT2D eigenvalue weighted by Gasteiger charge is 2.35.